The molecule has 3 N–H and O–H groups in total. The number of aliphatic hydroxyl groups excluding tert-OH is 2. The number of ether oxygens (including phenoxy) is 6. The highest BCUT2D eigenvalue weighted by Crippen LogP contribution is 2.38. The number of carbonyl (C=O) groups excluding carboxylic acids is 2. The molecule has 0 amide bonds. The lowest BCUT2D eigenvalue weighted by molar-refractivity contribution is -0.149. The number of hydrogen-bond donors (Lipinski definition) is 3. The Morgan fingerprint density at radius 2 is 1.10 bits per heavy atom. The molecule has 4 atom stereocenters. The number of pyridine rings is 2. The summed E-state index contributed by atoms with van der Waals surface area (Å²) in [7, 11) is 2.53. The highest BCUT2D eigenvalue weighted by atomic mass is 35.5. The molecule has 4 aromatic carbocycles. The van der Waals surface area contributed by atoms with E-state index in [0.717, 1.165) is 33.4 Å². The third-order valence-electron chi connectivity index (χ3n) is 12.1. The van der Waals surface area contributed by atoms with E-state index >= 15 is 0 Å². The number of hydrogen-bond acceptors (Lipinski definition) is 15. The van der Waals surface area contributed by atoms with Crippen LogP contribution in [0.2, 0.25) is 10.0 Å². The maximum atomic E-state index is 12.5. The van der Waals surface area contributed by atoms with E-state index in [2.05, 4.69) is 27.4 Å². The van der Waals surface area contributed by atoms with Crippen molar-refractivity contribution in [1.82, 2.24) is 15.3 Å². The lowest BCUT2D eigenvalue weighted by Crippen LogP contribution is -2.45. The number of aromatic nitrogens is 2. The number of benzene rings is 4. The SMILES string of the molecule is COC(=O)[C@@H](CCc1cc(Cl)c(OCc2cccc(-c3cccc(COc4cc(OCc5cncc(C#N)c5)c(CN[C@H](C(=O)OC)[C@H](C)O)cc4Cl)c3C)c2C)cc1OCc1cncc(C#N)c1)[C@H](C)O. The van der Waals surface area contributed by atoms with E-state index in [1.807, 2.05) is 50.2 Å². The fourth-order valence-electron chi connectivity index (χ4n) is 7.94. The Labute approximate surface area is 428 Å². The molecule has 0 saturated heterocycles. The van der Waals surface area contributed by atoms with Gasteiger partial charge in [-0.3, -0.25) is 24.9 Å². The fraction of sp³-hybridized carbons (Fsp3) is 0.309. The standard InChI is InChI=1S/C55H55Cl2N5O10/c1-32-41(30-71-51-19-49(69-28-38-15-36(21-58)23-60-25-38)40(17-47(51)56)13-14-46(34(3)63)54(65)67-5)9-7-11-44(32)45-12-8-10-42(33(45)2)31-72-52-20-50(70-29-39-16-37(22-59)24-61-26-39)43(18-48(52)57)27-62-53(35(4)64)55(66)68-6/h7-12,15-20,23-26,34-35,46,53,62-64H,13-14,27-31H2,1-6H3/t34-,35-,46-,53-/m0/s1. The molecule has 0 aliphatic carbocycles. The molecular weight excluding hydrogens is 962 g/mol. The maximum absolute atomic E-state index is 12.5. The zero-order valence-corrected chi connectivity index (χ0v) is 42.2. The maximum Gasteiger partial charge on any atom is 0.325 e. The number of esters is 2. The number of halogens is 2. The predicted molar refractivity (Wildman–Crippen MR) is 269 cm³/mol. The third kappa shape index (κ3) is 14.0. The molecule has 6 aromatic rings. The minimum Gasteiger partial charge on any atom is -0.488 e. The van der Waals surface area contributed by atoms with Crippen LogP contribution >= 0.6 is 23.2 Å². The zero-order chi connectivity index (χ0) is 51.9. The Balaban J connectivity index is 1.22. The highest BCUT2D eigenvalue weighted by Gasteiger charge is 2.27. The van der Waals surface area contributed by atoms with Crippen molar-refractivity contribution in [3.63, 3.8) is 0 Å². The van der Waals surface area contributed by atoms with E-state index in [9.17, 15) is 30.3 Å². The quantitative estimate of drug-likeness (QED) is 0.0510. The average molecular weight is 1020 g/mol. The molecule has 0 saturated carbocycles. The fourth-order valence-corrected chi connectivity index (χ4v) is 8.42. The second-order valence-corrected chi connectivity index (χ2v) is 17.8. The van der Waals surface area contributed by atoms with Crippen molar-refractivity contribution in [2.24, 2.45) is 5.92 Å². The van der Waals surface area contributed by atoms with Crippen LogP contribution < -0.4 is 24.3 Å². The first-order chi connectivity index (χ1) is 34.6. The molecule has 0 fully saturated rings. The van der Waals surface area contributed by atoms with Gasteiger partial charge in [0.05, 0.1) is 53.5 Å². The van der Waals surface area contributed by atoms with E-state index in [-0.39, 0.29) is 44.4 Å². The second kappa shape index (κ2) is 25.7. The van der Waals surface area contributed by atoms with Gasteiger partial charge in [-0.25, -0.2) is 0 Å². The van der Waals surface area contributed by atoms with Gasteiger partial charge >= 0.3 is 11.9 Å². The van der Waals surface area contributed by atoms with Crippen LogP contribution in [0.4, 0.5) is 0 Å². The molecule has 0 radical (unpaired) electrons. The van der Waals surface area contributed by atoms with Gasteiger partial charge in [-0.2, -0.15) is 10.5 Å². The molecule has 0 aliphatic rings. The van der Waals surface area contributed by atoms with Gasteiger partial charge in [0.1, 0.15) is 67.6 Å². The van der Waals surface area contributed by atoms with Crippen LogP contribution in [0.1, 0.15) is 75.9 Å². The first kappa shape index (κ1) is 54.1. The number of aryl methyl sites for hydroxylation is 1. The van der Waals surface area contributed by atoms with E-state index in [4.69, 9.17) is 51.6 Å². The number of aliphatic hydroxyl groups is 2. The molecule has 17 heteroatoms. The van der Waals surface area contributed by atoms with Crippen LogP contribution in [0, 0.1) is 42.4 Å². The van der Waals surface area contributed by atoms with Crippen molar-refractivity contribution in [3.05, 3.63) is 163 Å². The molecule has 2 aromatic heterocycles. The highest BCUT2D eigenvalue weighted by molar-refractivity contribution is 6.32. The minimum absolute atomic E-state index is 0.0664. The number of nitrogens with zero attached hydrogens (tertiary/aromatic N) is 4. The molecule has 2 heterocycles. The molecule has 0 bridgehead atoms. The smallest absolute Gasteiger partial charge is 0.325 e. The van der Waals surface area contributed by atoms with Crippen LogP contribution in [-0.4, -0.2) is 64.6 Å². The van der Waals surface area contributed by atoms with Crippen molar-refractivity contribution in [3.8, 4) is 46.3 Å². The van der Waals surface area contributed by atoms with Gasteiger partial charge in [0.2, 0.25) is 0 Å². The summed E-state index contributed by atoms with van der Waals surface area (Å²) >= 11 is 13.7. The van der Waals surface area contributed by atoms with E-state index in [1.165, 1.54) is 33.5 Å². The number of carbonyl (C=O) groups is 2. The Morgan fingerprint density at radius 1 is 0.625 bits per heavy atom. The molecule has 0 aliphatic heterocycles. The number of rotatable bonds is 23. The van der Waals surface area contributed by atoms with Crippen molar-refractivity contribution >= 4 is 35.1 Å². The van der Waals surface area contributed by atoms with Crippen LogP contribution in [0.25, 0.3) is 11.1 Å². The van der Waals surface area contributed by atoms with Crippen molar-refractivity contribution in [2.75, 3.05) is 14.2 Å². The summed E-state index contributed by atoms with van der Waals surface area (Å²) in [5.41, 5.74) is 9.09. The molecule has 15 nitrogen and oxygen atoms in total. The number of methoxy groups -OCH3 is 2. The van der Waals surface area contributed by atoms with E-state index in [0.29, 0.717) is 67.8 Å². The van der Waals surface area contributed by atoms with Crippen LogP contribution in [-0.2, 0) is 58.5 Å². The summed E-state index contributed by atoms with van der Waals surface area (Å²) in [5, 5.41) is 43.0. The van der Waals surface area contributed by atoms with E-state index < -0.39 is 36.1 Å². The normalized spacial score (nSPS) is 12.6. The van der Waals surface area contributed by atoms with Crippen LogP contribution in [0.5, 0.6) is 23.0 Å². The Morgan fingerprint density at radius 3 is 1.56 bits per heavy atom. The summed E-state index contributed by atoms with van der Waals surface area (Å²) in [6, 6.07) is 25.3. The van der Waals surface area contributed by atoms with Gasteiger partial charge in [-0.15, -0.1) is 0 Å². The predicted octanol–water partition coefficient (Wildman–Crippen LogP) is 9.24. The zero-order valence-electron chi connectivity index (χ0n) is 40.7. The first-order valence-corrected chi connectivity index (χ1v) is 23.7. The molecule has 0 unspecified atom stereocenters. The minimum atomic E-state index is -1.05. The number of nitrogens with one attached hydrogen (secondary N) is 1. The summed E-state index contributed by atoms with van der Waals surface area (Å²) < 4.78 is 35.1. The van der Waals surface area contributed by atoms with Crippen LogP contribution in [0.15, 0.2) is 97.6 Å². The van der Waals surface area contributed by atoms with Gasteiger partial charge in [0.15, 0.2) is 0 Å². The van der Waals surface area contributed by atoms with Crippen molar-refractivity contribution in [2.45, 2.75) is 91.8 Å². The van der Waals surface area contributed by atoms with Crippen molar-refractivity contribution in [1.29, 1.82) is 10.5 Å². The Kier molecular flexibility index (Phi) is 19.3. The molecule has 0 spiro atoms. The van der Waals surface area contributed by atoms with Crippen molar-refractivity contribution < 1.29 is 48.2 Å². The largest absolute Gasteiger partial charge is 0.488 e. The van der Waals surface area contributed by atoms with Gasteiger partial charge in [-0.1, -0.05) is 59.6 Å². The first-order valence-electron chi connectivity index (χ1n) is 22.9. The Bertz CT molecular complexity index is 2770. The summed E-state index contributed by atoms with van der Waals surface area (Å²) in [6.07, 6.45) is 4.74. The summed E-state index contributed by atoms with van der Waals surface area (Å²) in [5.74, 6) is -0.370. The monoisotopic (exact) mass is 1020 g/mol. The van der Waals surface area contributed by atoms with Crippen LogP contribution in [0.3, 0.4) is 0 Å². The third-order valence-corrected chi connectivity index (χ3v) is 12.7. The lowest BCUT2D eigenvalue weighted by Gasteiger charge is -2.21. The molecular formula is C55H55Cl2N5O10. The average Bonchev–Trinajstić information content (AvgIpc) is 3.37. The van der Waals surface area contributed by atoms with Gasteiger partial charge in [-0.05, 0) is 104 Å². The Hall–Kier alpha value is -7.24. The summed E-state index contributed by atoms with van der Waals surface area (Å²) in [4.78, 5) is 33.1. The molecule has 72 heavy (non-hydrogen) atoms. The number of nitriles is 2. The van der Waals surface area contributed by atoms with Gasteiger partial charge < -0.3 is 38.6 Å². The molecule has 374 valence electrons. The summed E-state index contributed by atoms with van der Waals surface area (Å²) in [6.45, 7) is 7.63. The molecule has 6 rings (SSSR count). The topological polar surface area (TPSA) is 215 Å². The van der Waals surface area contributed by atoms with E-state index in [1.54, 1.807) is 55.7 Å². The van der Waals surface area contributed by atoms with Gasteiger partial charge in [0, 0.05) is 60.2 Å². The second-order valence-electron chi connectivity index (χ2n) is 17.0. The van der Waals surface area contributed by atoms with Gasteiger partial charge in [0.25, 0.3) is 0 Å². The lowest BCUT2D eigenvalue weighted by atomic mass is 9.92.